The largest absolute Gasteiger partial charge is 0.392 e. The third-order valence-corrected chi connectivity index (χ3v) is 10.3. The van der Waals surface area contributed by atoms with E-state index in [9.17, 15) is 27.2 Å². The zero-order valence-electron chi connectivity index (χ0n) is 34.5. The van der Waals surface area contributed by atoms with Gasteiger partial charge in [-0.25, -0.2) is 47.2 Å². The Hall–Kier alpha value is -8.64. The van der Waals surface area contributed by atoms with Crippen molar-refractivity contribution in [2.45, 2.75) is 39.8 Å². The average molecular weight is 865 g/mol. The number of pyridine rings is 4. The molecule has 0 radical (unpaired) electrons. The molecule has 0 saturated heterocycles. The van der Waals surface area contributed by atoms with Gasteiger partial charge in [-0.2, -0.15) is 0 Å². The van der Waals surface area contributed by atoms with Gasteiger partial charge in [0.15, 0.2) is 0 Å². The van der Waals surface area contributed by atoms with Crippen LogP contribution in [0.15, 0.2) is 107 Å². The first-order valence-electron chi connectivity index (χ1n) is 19.3. The Morgan fingerprint density at radius 1 is 0.578 bits per heavy atom. The lowest BCUT2D eigenvalue weighted by Gasteiger charge is -2.21. The number of halogens is 4. The van der Waals surface area contributed by atoms with Crippen molar-refractivity contribution >= 4 is 45.7 Å². The van der Waals surface area contributed by atoms with Crippen molar-refractivity contribution in [3.8, 4) is 22.3 Å². The van der Waals surface area contributed by atoms with E-state index in [2.05, 4.69) is 40.3 Å². The SMILES string of the molecule is [C-]#[N+]c1c(N)ncnc1N[C@@H](C)c1cc2cccc(C)n2c(=O)c1-c1cc(F)cc(F)c1.[C-]#[N+]c1c(N)ncnc1N[C@H](C)c1cc2cccc(C)n2c(=O)c1-c1cc(F)cc(F)c1. The molecule has 14 nitrogen and oxygen atoms in total. The summed E-state index contributed by atoms with van der Waals surface area (Å²) in [7, 11) is 0. The van der Waals surface area contributed by atoms with Gasteiger partial charge >= 0.3 is 0 Å². The van der Waals surface area contributed by atoms with Crippen LogP contribution in [0.5, 0.6) is 0 Å². The number of fused-ring (bicyclic) bond motifs is 2. The van der Waals surface area contributed by atoms with Crippen LogP contribution >= 0.6 is 0 Å². The molecule has 64 heavy (non-hydrogen) atoms. The van der Waals surface area contributed by atoms with Gasteiger partial charge in [0.25, 0.3) is 22.5 Å². The molecule has 0 spiro atoms. The van der Waals surface area contributed by atoms with Crippen LogP contribution in [0, 0.1) is 50.3 Å². The Kier molecular flexibility index (Phi) is 12.1. The molecule has 0 fully saturated rings. The van der Waals surface area contributed by atoms with Crippen LogP contribution in [0.4, 0.5) is 52.2 Å². The Balaban J connectivity index is 0.000000191. The number of benzene rings is 2. The van der Waals surface area contributed by atoms with Gasteiger partial charge in [-0.1, -0.05) is 12.1 Å². The predicted molar refractivity (Wildman–Crippen MR) is 237 cm³/mol. The first-order valence-corrected chi connectivity index (χ1v) is 19.3. The van der Waals surface area contributed by atoms with Gasteiger partial charge in [0.05, 0.1) is 24.3 Å². The van der Waals surface area contributed by atoms with Gasteiger partial charge in [0, 0.05) is 46.6 Å². The maximum atomic E-state index is 14.0. The summed E-state index contributed by atoms with van der Waals surface area (Å²) in [6, 6.07) is 19.1. The van der Waals surface area contributed by atoms with Gasteiger partial charge in [-0.05, 0) is 111 Å². The summed E-state index contributed by atoms with van der Waals surface area (Å²) in [6.45, 7) is 21.8. The fourth-order valence-corrected chi connectivity index (χ4v) is 7.43. The maximum absolute atomic E-state index is 14.0. The lowest BCUT2D eigenvalue weighted by molar-refractivity contribution is 0.583. The number of aryl methyl sites for hydroxylation is 2. The van der Waals surface area contributed by atoms with Crippen molar-refractivity contribution in [1.82, 2.24) is 28.7 Å². The molecule has 0 aliphatic heterocycles. The molecule has 6 aromatic heterocycles. The molecule has 6 heterocycles. The zero-order valence-corrected chi connectivity index (χ0v) is 34.5. The third-order valence-electron chi connectivity index (χ3n) is 10.3. The van der Waals surface area contributed by atoms with Crippen LogP contribution in [0.25, 0.3) is 43.0 Å². The van der Waals surface area contributed by atoms with Crippen molar-refractivity contribution in [2.24, 2.45) is 0 Å². The fourth-order valence-electron chi connectivity index (χ4n) is 7.43. The maximum Gasteiger partial charge on any atom is 0.268 e. The van der Waals surface area contributed by atoms with E-state index in [-0.39, 0.29) is 56.9 Å². The van der Waals surface area contributed by atoms with Crippen LogP contribution in [-0.2, 0) is 0 Å². The highest BCUT2D eigenvalue weighted by molar-refractivity contribution is 5.79. The number of nitrogens with zero attached hydrogens (tertiary/aromatic N) is 8. The van der Waals surface area contributed by atoms with Crippen LogP contribution in [0.2, 0.25) is 0 Å². The molecule has 0 saturated carbocycles. The minimum atomic E-state index is -0.792. The van der Waals surface area contributed by atoms with Crippen LogP contribution in [0.3, 0.4) is 0 Å². The summed E-state index contributed by atoms with van der Waals surface area (Å²) in [4.78, 5) is 49.6. The standard InChI is InChI=1S/2C23H18F2N6O/c2*1-12-5-4-6-17-10-18(13(2)30-22-20(27-3)21(26)28-11-29-22)19(23(32)31(12)17)14-7-15(24)9-16(25)8-14/h2*4-11,13H,1-2H3,(H3,26,28,29,30)/t2*13-/m10/s1. The number of nitrogen functional groups attached to an aromatic ring is 2. The summed E-state index contributed by atoms with van der Waals surface area (Å²) in [6.07, 6.45) is 2.45. The second kappa shape index (κ2) is 17.8. The molecule has 2 aromatic carbocycles. The quantitative estimate of drug-likeness (QED) is 0.0850. The predicted octanol–water partition coefficient (Wildman–Crippen LogP) is 9.30. The molecule has 18 heteroatoms. The lowest BCUT2D eigenvalue weighted by Crippen LogP contribution is -2.22. The number of hydrogen-bond donors (Lipinski definition) is 4. The Morgan fingerprint density at radius 2 is 0.938 bits per heavy atom. The number of nitrogens with one attached hydrogen (secondary N) is 2. The minimum Gasteiger partial charge on any atom is -0.392 e. The average Bonchev–Trinajstić information content (AvgIpc) is 3.23. The van der Waals surface area contributed by atoms with Crippen molar-refractivity contribution < 1.29 is 17.6 Å². The highest BCUT2D eigenvalue weighted by Gasteiger charge is 2.23. The minimum absolute atomic E-state index is 0.0198. The Labute approximate surface area is 362 Å². The van der Waals surface area contributed by atoms with Gasteiger partial charge < -0.3 is 22.1 Å². The molecule has 0 unspecified atom stereocenters. The Morgan fingerprint density at radius 3 is 1.28 bits per heavy atom. The molecule has 6 N–H and O–H groups in total. The van der Waals surface area contributed by atoms with Gasteiger partial charge in [-0.3, -0.25) is 18.4 Å². The molecule has 0 aliphatic rings. The first kappa shape index (κ1) is 43.4. The fraction of sp³-hybridized carbons (Fsp3) is 0.130. The van der Waals surface area contributed by atoms with E-state index in [4.69, 9.17) is 24.6 Å². The third kappa shape index (κ3) is 8.48. The molecule has 2 atom stereocenters. The Bertz CT molecular complexity index is 3100. The summed E-state index contributed by atoms with van der Waals surface area (Å²) in [5.74, 6) is -2.74. The topological polar surface area (TPSA) is 179 Å². The van der Waals surface area contributed by atoms with Gasteiger partial charge in [-0.15, -0.1) is 0 Å². The molecular weight excluding hydrogens is 829 g/mol. The molecule has 0 aliphatic carbocycles. The highest BCUT2D eigenvalue weighted by atomic mass is 19.1. The zero-order chi connectivity index (χ0) is 46.0. The number of rotatable bonds is 8. The normalized spacial score (nSPS) is 11.8. The molecule has 8 rings (SSSR count). The summed E-state index contributed by atoms with van der Waals surface area (Å²) >= 11 is 0. The van der Waals surface area contributed by atoms with Crippen molar-refractivity contribution in [2.75, 3.05) is 22.1 Å². The smallest absolute Gasteiger partial charge is 0.268 e. The molecule has 0 bridgehead atoms. The van der Waals surface area contributed by atoms with E-state index >= 15 is 0 Å². The number of hydrogen-bond acceptors (Lipinski definition) is 10. The monoisotopic (exact) mass is 864 g/mol. The molecular formula is C46H36F4N12O2. The van der Waals surface area contributed by atoms with Crippen LogP contribution in [0.1, 0.15) is 48.4 Å². The molecule has 0 amide bonds. The highest BCUT2D eigenvalue weighted by Crippen LogP contribution is 2.36. The summed E-state index contributed by atoms with van der Waals surface area (Å²) < 4.78 is 59.1. The summed E-state index contributed by atoms with van der Waals surface area (Å²) in [5, 5.41) is 6.17. The lowest BCUT2D eigenvalue weighted by atomic mass is 9.96. The molecule has 8 aromatic rings. The first-order chi connectivity index (χ1) is 30.6. The second-order valence-electron chi connectivity index (χ2n) is 14.6. The van der Waals surface area contributed by atoms with Crippen molar-refractivity contribution in [3.63, 3.8) is 0 Å². The molecule has 320 valence electrons. The van der Waals surface area contributed by atoms with E-state index in [0.29, 0.717) is 33.5 Å². The van der Waals surface area contributed by atoms with Crippen molar-refractivity contribution in [1.29, 1.82) is 0 Å². The van der Waals surface area contributed by atoms with Gasteiger partial charge in [0.1, 0.15) is 59.2 Å². The van der Waals surface area contributed by atoms with Crippen molar-refractivity contribution in [3.05, 3.63) is 187 Å². The number of aromatic nitrogens is 6. The van der Waals surface area contributed by atoms with Crippen LogP contribution in [-0.4, -0.2) is 28.7 Å². The van der Waals surface area contributed by atoms with Crippen LogP contribution < -0.4 is 33.2 Å². The van der Waals surface area contributed by atoms with E-state index < -0.39 is 46.5 Å². The van der Waals surface area contributed by atoms with E-state index in [0.717, 1.165) is 36.4 Å². The van der Waals surface area contributed by atoms with Gasteiger partial charge in [0.2, 0.25) is 0 Å². The number of anilines is 4. The number of nitrogens with two attached hydrogens (primary N) is 2. The van der Waals surface area contributed by atoms with E-state index in [1.807, 2.05) is 12.1 Å². The second-order valence-corrected chi connectivity index (χ2v) is 14.6. The summed E-state index contributed by atoms with van der Waals surface area (Å²) in [5.41, 5.74) is 14.9. The van der Waals surface area contributed by atoms with E-state index in [1.165, 1.54) is 21.5 Å². The van der Waals surface area contributed by atoms with E-state index in [1.54, 1.807) is 64.1 Å².